The molecule has 0 bridgehead atoms. The molecule has 1 aromatic carbocycles. The van der Waals surface area contributed by atoms with E-state index < -0.39 is 0 Å². The summed E-state index contributed by atoms with van der Waals surface area (Å²) in [6, 6.07) is 3.35. The highest BCUT2D eigenvalue weighted by atomic mass is 79.9. The van der Waals surface area contributed by atoms with Gasteiger partial charge in [0.2, 0.25) is 0 Å². The molecule has 2 rings (SSSR count). The summed E-state index contributed by atoms with van der Waals surface area (Å²) in [4.78, 5) is 23.5. The Morgan fingerprint density at radius 2 is 1.83 bits per heavy atom. The molecule has 1 saturated carbocycles. The smallest absolute Gasteiger partial charge is 0.309 e. The minimum absolute atomic E-state index is 0.0493. The zero-order valence-corrected chi connectivity index (χ0v) is 12.7. The van der Waals surface area contributed by atoms with Gasteiger partial charge in [-0.1, -0.05) is 0 Å². The summed E-state index contributed by atoms with van der Waals surface area (Å²) in [6.07, 6.45) is 0.561. The number of carbonyl (C=O) groups is 2. The largest absolute Gasteiger partial charge is 0.469 e. The fourth-order valence-electron chi connectivity index (χ4n) is 1.84. The molecule has 1 aliphatic carbocycles. The molecule has 1 fully saturated rings. The summed E-state index contributed by atoms with van der Waals surface area (Å²) in [5, 5.41) is 0. The van der Waals surface area contributed by atoms with E-state index in [1.165, 1.54) is 7.11 Å². The summed E-state index contributed by atoms with van der Waals surface area (Å²) in [5.41, 5.74) is 6.85. The lowest BCUT2D eigenvalue weighted by molar-refractivity contribution is -0.142. The molecule has 96 valence electrons. The molecule has 1 aliphatic rings. The van der Waals surface area contributed by atoms with Gasteiger partial charge in [0.1, 0.15) is 0 Å². The Bertz CT molecular complexity index is 507. The molecule has 0 aliphatic heterocycles. The third-order valence-electron chi connectivity index (χ3n) is 2.99. The molecule has 2 unspecified atom stereocenters. The fourth-order valence-corrected chi connectivity index (χ4v) is 3.02. The van der Waals surface area contributed by atoms with Crippen molar-refractivity contribution in [2.45, 2.75) is 6.42 Å². The van der Waals surface area contributed by atoms with Crippen molar-refractivity contribution in [1.29, 1.82) is 0 Å². The molecular weight excluding hydrogens is 366 g/mol. The highest BCUT2D eigenvalue weighted by Gasteiger charge is 2.49. The first kappa shape index (κ1) is 13.5. The van der Waals surface area contributed by atoms with Crippen LogP contribution >= 0.6 is 31.9 Å². The third-order valence-corrected chi connectivity index (χ3v) is 4.31. The summed E-state index contributed by atoms with van der Waals surface area (Å²) in [5.74, 6) is -0.925. The van der Waals surface area contributed by atoms with Crippen LogP contribution in [0, 0.1) is 11.8 Å². The van der Waals surface area contributed by atoms with Crippen molar-refractivity contribution in [3.63, 3.8) is 0 Å². The molecule has 2 atom stereocenters. The van der Waals surface area contributed by atoms with Gasteiger partial charge in [-0.3, -0.25) is 9.59 Å². The zero-order chi connectivity index (χ0) is 13.4. The first-order chi connectivity index (χ1) is 8.45. The Labute approximate surface area is 121 Å². The first-order valence-electron chi connectivity index (χ1n) is 5.32. The van der Waals surface area contributed by atoms with Crippen molar-refractivity contribution >= 4 is 49.3 Å². The van der Waals surface area contributed by atoms with E-state index in [-0.39, 0.29) is 23.6 Å². The van der Waals surface area contributed by atoms with E-state index in [9.17, 15) is 9.59 Å². The number of hydrogen-bond donors (Lipinski definition) is 1. The number of nitrogen functional groups attached to an aromatic ring is 1. The van der Waals surface area contributed by atoms with E-state index in [0.717, 1.165) is 0 Å². The third kappa shape index (κ3) is 2.44. The van der Waals surface area contributed by atoms with Crippen LogP contribution in [0.2, 0.25) is 0 Å². The van der Waals surface area contributed by atoms with Crippen molar-refractivity contribution < 1.29 is 14.3 Å². The van der Waals surface area contributed by atoms with E-state index in [0.29, 0.717) is 26.6 Å². The Morgan fingerprint density at radius 1 is 1.28 bits per heavy atom. The molecular formula is C12H11Br2NO3. The SMILES string of the molecule is COC(=O)C1CC1C(=O)c1cc(Br)c(N)c(Br)c1. The van der Waals surface area contributed by atoms with Gasteiger partial charge in [-0.2, -0.15) is 0 Å². The monoisotopic (exact) mass is 375 g/mol. The number of halogens is 2. The summed E-state index contributed by atoms with van der Waals surface area (Å²) in [6.45, 7) is 0. The second-order valence-corrected chi connectivity index (χ2v) is 5.90. The van der Waals surface area contributed by atoms with Crippen LogP contribution in [0.1, 0.15) is 16.8 Å². The van der Waals surface area contributed by atoms with E-state index in [2.05, 4.69) is 36.6 Å². The van der Waals surface area contributed by atoms with Crippen LogP contribution in [0.4, 0.5) is 5.69 Å². The lowest BCUT2D eigenvalue weighted by atomic mass is 10.1. The molecule has 0 spiro atoms. The number of esters is 1. The number of carbonyl (C=O) groups excluding carboxylic acids is 2. The van der Waals surface area contributed by atoms with E-state index in [1.807, 2.05) is 0 Å². The fraction of sp³-hybridized carbons (Fsp3) is 0.333. The lowest BCUT2D eigenvalue weighted by Gasteiger charge is -2.06. The van der Waals surface area contributed by atoms with Gasteiger partial charge in [-0.05, 0) is 50.4 Å². The normalized spacial score (nSPS) is 21.5. The van der Waals surface area contributed by atoms with Crippen molar-refractivity contribution in [3.05, 3.63) is 26.6 Å². The van der Waals surface area contributed by atoms with Gasteiger partial charge in [-0.25, -0.2) is 0 Å². The Hall–Kier alpha value is -0.880. The standard InChI is InChI=1S/C12H11Br2NO3/c1-18-12(17)7-4-6(7)11(16)5-2-8(13)10(15)9(14)3-5/h2-3,6-7H,4,15H2,1H3. The average molecular weight is 377 g/mol. The molecule has 0 saturated heterocycles. The molecule has 1 aromatic rings. The van der Waals surface area contributed by atoms with Gasteiger partial charge in [-0.15, -0.1) is 0 Å². The highest BCUT2D eigenvalue weighted by Crippen LogP contribution is 2.42. The number of ketones is 1. The topological polar surface area (TPSA) is 69.4 Å². The maximum Gasteiger partial charge on any atom is 0.309 e. The van der Waals surface area contributed by atoms with E-state index in [4.69, 9.17) is 5.73 Å². The molecule has 0 radical (unpaired) electrons. The average Bonchev–Trinajstić information content (AvgIpc) is 3.13. The van der Waals surface area contributed by atoms with Crippen molar-refractivity contribution in [2.24, 2.45) is 11.8 Å². The number of nitrogens with two attached hydrogens (primary N) is 1. The van der Waals surface area contributed by atoms with Crippen LogP contribution in [-0.4, -0.2) is 18.9 Å². The quantitative estimate of drug-likeness (QED) is 0.500. The van der Waals surface area contributed by atoms with Crippen LogP contribution in [0.3, 0.4) is 0 Å². The lowest BCUT2D eigenvalue weighted by Crippen LogP contribution is -2.10. The minimum Gasteiger partial charge on any atom is -0.469 e. The van der Waals surface area contributed by atoms with Crippen molar-refractivity contribution in [3.8, 4) is 0 Å². The maximum atomic E-state index is 12.2. The molecule has 0 aromatic heterocycles. The number of rotatable bonds is 3. The number of hydrogen-bond acceptors (Lipinski definition) is 4. The van der Waals surface area contributed by atoms with Gasteiger partial charge in [0.15, 0.2) is 5.78 Å². The molecule has 0 amide bonds. The van der Waals surface area contributed by atoms with E-state index >= 15 is 0 Å². The van der Waals surface area contributed by atoms with Crippen LogP contribution < -0.4 is 5.73 Å². The molecule has 18 heavy (non-hydrogen) atoms. The Kier molecular flexibility index (Phi) is 3.77. The zero-order valence-electron chi connectivity index (χ0n) is 9.57. The van der Waals surface area contributed by atoms with Crippen molar-refractivity contribution in [2.75, 3.05) is 12.8 Å². The van der Waals surface area contributed by atoms with Crippen LogP contribution in [-0.2, 0) is 9.53 Å². The van der Waals surface area contributed by atoms with E-state index in [1.54, 1.807) is 12.1 Å². The van der Waals surface area contributed by atoms with Gasteiger partial charge in [0.05, 0.1) is 18.7 Å². The summed E-state index contributed by atoms with van der Waals surface area (Å²) in [7, 11) is 1.33. The summed E-state index contributed by atoms with van der Waals surface area (Å²) < 4.78 is 5.95. The second-order valence-electron chi connectivity index (χ2n) is 4.19. The Balaban J connectivity index is 2.19. The highest BCUT2D eigenvalue weighted by molar-refractivity contribution is 9.11. The summed E-state index contributed by atoms with van der Waals surface area (Å²) >= 11 is 6.59. The minimum atomic E-state index is -0.318. The number of methoxy groups -OCH3 is 1. The van der Waals surface area contributed by atoms with Crippen LogP contribution in [0.5, 0.6) is 0 Å². The number of ether oxygens (including phenoxy) is 1. The number of anilines is 1. The molecule has 2 N–H and O–H groups in total. The second kappa shape index (κ2) is 5.01. The van der Waals surface area contributed by atoms with Crippen molar-refractivity contribution in [1.82, 2.24) is 0 Å². The predicted octanol–water partition coefficient (Wildman–Crippen LogP) is 2.79. The Morgan fingerprint density at radius 3 is 2.33 bits per heavy atom. The van der Waals surface area contributed by atoms with Gasteiger partial charge in [0.25, 0.3) is 0 Å². The van der Waals surface area contributed by atoms with Crippen LogP contribution in [0.15, 0.2) is 21.1 Å². The van der Waals surface area contributed by atoms with Gasteiger partial charge in [0, 0.05) is 20.4 Å². The predicted molar refractivity (Wildman–Crippen MR) is 74.2 cm³/mol. The van der Waals surface area contributed by atoms with Gasteiger partial charge < -0.3 is 10.5 Å². The maximum absolute atomic E-state index is 12.2. The number of benzene rings is 1. The molecule has 0 heterocycles. The molecule has 4 nitrogen and oxygen atoms in total. The molecule has 6 heteroatoms. The van der Waals surface area contributed by atoms with Gasteiger partial charge >= 0.3 is 5.97 Å². The van der Waals surface area contributed by atoms with Crippen LogP contribution in [0.25, 0.3) is 0 Å². The first-order valence-corrected chi connectivity index (χ1v) is 6.91. The number of Topliss-reactive ketones (excluding diaryl/α,β-unsaturated/α-hetero) is 1.